The van der Waals surface area contributed by atoms with E-state index in [2.05, 4.69) is 5.32 Å². The molecule has 2 aliphatic heterocycles. The number of hydrogen-bond acceptors (Lipinski definition) is 3. The maximum atomic E-state index is 14.1. The van der Waals surface area contributed by atoms with E-state index in [0.29, 0.717) is 31.9 Å². The largest absolute Gasteiger partial charge is 0.416 e. The van der Waals surface area contributed by atoms with E-state index < -0.39 is 23.7 Å². The molecule has 0 aromatic heterocycles. The molecule has 0 bridgehead atoms. The van der Waals surface area contributed by atoms with Crippen molar-refractivity contribution in [2.24, 2.45) is 5.92 Å². The monoisotopic (exact) mass is 432 g/mol. The molecule has 3 aliphatic rings. The average molecular weight is 432 g/mol. The third kappa shape index (κ3) is 4.46. The van der Waals surface area contributed by atoms with Crippen LogP contribution in [0.1, 0.15) is 42.4 Å². The summed E-state index contributed by atoms with van der Waals surface area (Å²) in [4.78, 5) is 14.5. The van der Waals surface area contributed by atoms with E-state index in [4.69, 9.17) is 4.74 Å². The van der Waals surface area contributed by atoms with Gasteiger partial charge in [-0.25, -0.2) is 8.78 Å². The van der Waals surface area contributed by atoms with E-state index >= 15 is 0 Å². The summed E-state index contributed by atoms with van der Waals surface area (Å²) in [5, 5.41) is 3.30. The van der Waals surface area contributed by atoms with Gasteiger partial charge in [-0.3, -0.25) is 4.79 Å². The first-order valence-electron chi connectivity index (χ1n) is 10.4. The van der Waals surface area contributed by atoms with Crippen LogP contribution in [-0.2, 0) is 28.7 Å². The number of nitrogens with one attached hydrogen (secondary N) is 1. The van der Waals surface area contributed by atoms with Crippen LogP contribution in [0, 0.1) is 11.7 Å². The van der Waals surface area contributed by atoms with Gasteiger partial charge in [0.25, 0.3) is 0 Å². The summed E-state index contributed by atoms with van der Waals surface area (Å²) in [6.45, 7) is 0.860. The summed E-state index contributed by atoms with van der Waals surface area (Å²) in [6.07, 6.45) is -2.94. The number of halogens is 5. The highest BCUT2D eigenvalue weighted by Crippen LogP contribution is 2.35. The van der Waals surface area contributed by atoms with Crippen molar-refractivity contribution in [3.8, 4) is 0 Å². The van der Waals surface area contributed by atoms with Gasteiger partial charge in [-0.2, -0.15) is 13.2 Å². The molecule has 4 nitrogen and oxygen atoms in total. The van der Waals surface area contributed by atoms with Crippen molar-refractivity contribution in [3.05, 3.63) is 34.6 Å². The van der Waals surface area contributed by atoms with E-state index in [0.717, 1.165) is 12.5 Å². The first kappa shape index (κ1) is 21.5. The Balaban J connectivity index is 1.39. The lowest BCUT2D eigenvalue weighted by atomic mass is 9.95. The highest BCUT2D eigenvalue weighted by molar-refractivity contribution is 5.79. The molecule has 1 aliphatic carbocycles. The van der Waals surface area contributed by atoms with Crippen LogP contribution in [0.4, 0.5) is 22.0 Å². The number of nitrogens with zero attached hydrogens (tertiary/aromatic N) is 1. The van der Waals surface area contributed by atoms with Crippen molar-refractivity contribution >= 4 is 5.91 Å². The lowest BCUT2D eigenvalue weighted by molar-refractivity contribution is -0.137. The van der Waals surface area contributed by atoms with E-state index in [1.54, 1.807) is 0 Å². The third-order valence-corrected chi connectivity index (χ3v) is 6.44. The molecule has 30 heavy (non-hydrogen) atoms. The average Bonchev–Trinajstić information content (AvgIpc) is 3.16. The topological polar surface area (TPSA) is 41.6 Å². The van der Waals surface area contributed by atoms with Crippen LogP contribution in [0.5, 0.6) is 0 Å². The molecule has 9 heteroatoms. The zero-order valence-electron chi connectivity index (χ0n) is 16.5. The number of carbonyl (C=O) groups excluding carboxylic acids is 1. The van der Waals surface area contributed by atoms with Crippen LogP contribution in [-0.4, -0.2) is 48.8 Å². The van der Waals surface area contributed by atoms with Crippen molar-refractivity contribution in [1.82, 2.24) is 10.2 Å². The number of hydrogen-bond donors (Lipinski definition) is 1. The maximum absolute atomic E-state index is 14.1. The van der Waals surface area contributed by atoms with E-state index in [1.807, 2.05) is 0 Å². The van der Waals surface area contributed by atoms with Gasteiger partial charge in [0.2, 0.25) is 5.91 Å². The van der Waals surface area contributed by atoms with Crippen LogP contribution in [0.15, 0.2) is 12.1 Å². The molecule has 1 aromatic rings. The van der Waals surface area contributed by atoms with Crippen LogP contribution in [0.2, 0.25) is 0 Å². The number of rotatable bonds is 3. The predicted octanol–water partition coefficient (Wildman–Crippen LogP) is 3.61. The summed E-state index contributed by atoms with van der Waals surface area (Å²) >= 11 is 0. The van der Waals surface area contributed by atoms with Crippen molar-refractivity contribution in [2.75, 3.05) is 19.8 Å². The molecular weight excluding hydrogens is 407 g/mol. The molecule has 1 aromatic carbocycles. The first-order valence-corrected chi connectivity index (χ1v) is 10.4. The van der Waals surface area contributed by atoms with Gasteiger partial charge in [0.05, 0.1) is 12.2 Å². The van der Waals surface area contributed by atoms with Gasteiger partial charge in [-0.15, -0.1) is 0 Å². The summed E-state index contributed by atoms with van der Waals surface area (Å²) in [7, 11) is 0. The summed E-state index contributed by atoms with van der Waals surface area (Å²) < 4.78 is 72.3. The Labute approximate surface area is 171 Å². The molecule has 166 valence electrons. The fourth-order valence-corrected chi connectivity index (χ4v) is 4.81. The second-order valence-corrected chi connectivity index (χ2v) is 8.46. The molecule has 2 fully saturated rings. The zero-order valence-corrected chi connectivity index (χ0v) is 16.5. The van der Waals surface area contributed by atoms with Gasteiger partial charge in [0, 0.05) is 37.7 Å². The molecule has 1 amide bonds. The minimum Gasteiger partial charge on any atom is -0.378 e. The van der Waals surface area contributed by atoms with Gasteiger partial charge in [-0.1, -0.05) is 0 Å². The number of carbonyl (C=O) groups is 1. The molecule has 1 saturated heterocycles. The number of alkyl halides is 4. The van der Waals surface area contributed by atoms with Gasteiger partial charge in [-0.05, 0) is 55.4 Å². The van der Waals surface area contributed by atoms with Gasteiger partial charge in [0.15, 0.2) is 0 Å². The minimum atomic E-state index is -4.63. The van der Waals surface area contributed by atoms with E-state index in [9.17, 15) is 26.7 Å². The molecule has 2 heterocycles. The smallest absolute Gasteiger partial charge is 0.378 e. The van der Waals surface area contributed by atoms with Crippen LogP contribution < -0.4 is 5.32 Å². The predicted molar refractivity (Wildman–Crippen MR) is 98.9 cm³/mol. The fraction of sp³-hybridized carbons (Fsp3) is 0.667. The fourth-order valence-electron chi connectivity index (χ4n) is 4.81. The van der Waals surface area contributed by atoms with Crippen molar-refractivity contribution in [2.45, 2.75) is 63.1 Å². The standard InChI is InChI=1S/C21H25F5N2O2/c22-17-9-14(21(24,25)26)7-13-10-28(5-3-16(13)17)20(29)12-1-2-15(8-12)27-19-4-6-30-11-18(19)23/h7,9,12,15,18-19,27H,1-6,8,10-11H2. The number of ether oxygens (including phenoxy) is 1. The molecule has 1 saturated carbocycles. The van der Waals surface area contributed by atoms with Gasteiger partial charge in [0.1, 0.15) is 12.0 Å². The van der Waals surface area contributed by atoms with Gasteiger partial charge < -0.3 is 15.0 Å². The molecule has 4 atom stereocenters. The molecule has 0 spiro atoms. The molecule has 4 unspecified atom stereocenters. The Morgan fingerprint density at radius 3 is 2.73 bits per heavy atom. The normalized spacial score (nSPS) is 29.7. The van der Waals surface area contributed by atoms with Crippen molar-refractivity contribution < 1.29 is 31.5 Å². The Hall–Kier alpha value is -1.74. The molecule has 1 N–H and O–H groups in total. The number of benzene rings is 1. The molecular formula is C21H25F5N2O2. The number of amides is 1. The van der Waals surface area contributed by atoms with Crippen LogP contribution in [0.3, 0.4) is 0 Å². The maximum Gasteiger partial charge on any atom is 0.416 e. The van der Waals surface area contributed by atoms with E-state index in [-0.39, 0.29) is 61.2 Å². The lowest BCUT2D eigenvalue weighted by Crippen LogP contribution is -2.48. The summed E-state index contributed by atoms with van der Waals surface area (Å²) in [5.74, 6) is -1.24. The SMILES string of the molecule is O=C(C1CCC(NC2CCOCC2F)C1)N1CCc2c(F)cc(C(F)(F)F)cc2C1. The van der Waals surface area contributed by atoms with Crippen molar-refractivity contribution in [1.29, 1.82) is 0 Å². The Bertz CT molecular complexity index is 800. The highest BCUT2D eigenvalue weighted by atomic mass is 19.4. The summed E-state index contributed by atoms with van der Waals surface area (Å²) in [5.41, 5.74) is -0.556. The second-order valence-electron chi connectivity index (χ2n) is 8.46. The van der Waals surface area contributed by atoms with Gasteiger partial charge >= 0.3 is 6.18 Å². The lowest BCUT2D eigenvalue weighted by Gasteiger charge is -2.32. The third-order valence-electron chi connectivity index (χ3n) is 6.44. The summed E-state index contributed by atoms with van der Waals surface area (Å²) in [6, 6.07) is 1.23. The zero-order chi connectivity index (χ0) is 21.5. The first-order chi connectivity index (χ1) is 14.2. The Morgan fingerprint density at radius 1 is 1.20 bits per heavy atom. The number of fused-ring (bicyclic) bond motifs is 1. The quantitative estimate of drug-likeness (QED) is 0.742. The second kappa shape index (κ2) is 8.42. The van der Waals surface area contributed by atoms with Crippen molar-refractivity contribution in [3.63, 3.8) is 0 Å². The Kier molecular flexibility index (Phi) is 6.03. The molecule has 4 rings (SSSR count). The molecule has 0 radical (unpaired) electrons. The minimum absolute atomic E-state index is 0.0177. The van der Waals surface area contributed by atoms with Crippen LogP contribution >= 0.6 is 0 Å². The Morgan fingerprint density at radius 2 is 2.00 bits per heavy atom. The van der Waals surface area contributed by atoms with Crippen LogP contribution in [0.25, 0.3) is 0 Å². The van der Waals surface area contributed by atoms with E-state index in [1.165, 1.54) is 4.90 Å². The highest BCUT2D eigenvalue weighted by Gasteiger charge is 2.38.